The van der Waals surface area contributed by atoms with Crippen LogP contribution in [0, 0.1) is 18.3 Å². The second kappa shape index (κ2) is 8.85. The van der Waals surface area contributed by atoms with Gasteiger partial charge in [0.2, 0.25) is 5.88 Å². The molecule has 4 aromatic rings. The number of pyridine rings is 1. The van der Waals surface area contributed by atoms with E-state index in [1.54, 1.807) is 48.7 Å². The molecule has 2 N–H and O–H groups in total. The third-order valence-corrected chi connectivity index (χ3v) is 5.08. The van der Waals surface area contributed by atoms with Gasteiger partial charge < -0.3 is 15.2 Å². The quantitative estimate of drug-likeness (QED) is 0.452. The number of para-hydroxylation sites is 1. The number of anilines is 1. The predicted molar refractivity (Wildman–Crippen MR) is 123 cm³/mol. The fourth-order valence-electron chi connectivity index (χ4n) is 3.58. The van der Waals surface area contributed by atoms with E-state index < -0.39 is 5.97 Å². The van der Waals surface area contributed by atoms with Crippen molar-refractivity contribution < 1.29 is 14.6 Å². The SMILES string of the molecule is Cc1cc(C(C)Nc2ccccc2C(=O)O)c2nc(Oc3cccc(C#N)c3)cc(=O)n2c1. The first-order chi connectivity index (χ1) is 15.9. The van der Waals surface area contributed by atoms with Crippen LogP contribution in [-0.4, -0.2) is 20.5 Å². The minimum absolute atomic E-state index is 0.0957. The third kappa shape index (κ3) is 4.52. The van der Waals surface area contributed by atoms with Gasteiger partial charge in [-0.05, 0) is 55.8 Å². The van der Waals surface area contributed by atoms with Crippen LogP contribution in [0.25, 0.3) is 5.65 Å². The van der Waals surface area contributed by atoms with Gasteiger partial charge in [0.05, 0.1) is 29.3 Å². The third-order valence-electron chi connectivity index (χ3n) is 5.08. The highest BCUT2D eigenvalue weighted by Gasteiger charge is 2.17. The Morgan fingerprint density at radius 3 is 2.73 bits per heavy atom. The Kier molecular flexibility index (Phi) is 5.79. The number of aromatic nitrogens is 2. The van der Waals surface area contributed by atoms with Crippen molar-refractivity contribution >= 4 is 17.3 Å². The fraction of sp³-hybridized carbons (Fsp3) is 0.120. The average molecular weight is 440 g/mol. The lowest BCUT2D eigenvalue weighted by Gasteiger charge is -2.19. The lowest BCUT2D eigenvalue weighted by Crippen LogP contribution is -2.19. The minimum atomic E-state index is -1.04. The zero-order chi connectivity index (χ0) is 23.5. The van der Waals surface area contributed by atoms with Crippen LogP contribution in [0.4, 0.5) is 5.69 Å². The first-order valence-electron chi connectivity index (χ1n) is 10.2. The molecule has 1 unspecified atom stereocenters. The molecule has 1 atom stereocenters. The van der Waals surface area contributed by atoms with Gasteiger partial charge in [0.15, 0.2) is 0 Å². The number of carboxylic acid groups (broad SMARTS) is 1. The van der Waals surface area contributed by atoms with Crippen LogP contribution in [0.5, 0.6) is 11.6 Å². The van der Waals surface area contributed by atoms with Gasteiger partial charge in [0.25, 0.3) is 5.56 Å². The Hall–Kier alpha value is -4.64. The number of ether oxygens (including phenoxy) is 1. The van der Waals surface area contributed by atoms with Crippen LogP contribution >= 0.6 is 0 Å². The van der Waals surface area contributed by atoms with Gasteiger partial charge in [-0.3, -0.25) is 9.20 Å². The molecule has 8 heteroatoms. The summed E-state index contributed by atoms with van der Waals surface area (Å²) >= 11 is 0. The van der Waals surface area contributed by atoms with E-state index >= 15 is 0 Å². The molecule has 0 spiro atoms. The molecule has 2 heterocycles. The molecule has 4 rings (SSSR count). The molecular formula is C25H20N4O4. The summed E-state index contributed by atoms with van der Waals surface area (Å²) in [5.41, 5.74) is 2.63. The molecule has 0 saturated carbocycles. The van der Waals surface area contributed by atoms with Gasteiger partial charge in [0.1, 0.15) is 11.4 Å². The highest BCUT2D eigenvalue weighted by molar-refractivity contribution is 5.94. The van der Waals surface area contributed by atoms with Gasteiger partial charge in [-0.25, -0.2) is 4.79 Å². The van der Waals surface area contributed by atoms with E-state index in [0.717, 1.165) is 5.56 Å². The topological polar surface area (TPSA) is 117 Å². The standard InChI is InChI=1S/C25H20N4O4/c1-15-10-20(16(2)27-21-9-4-3-8-19(21)25(31)32)24-28-22(12-23(30)29(24)14-15)33-18-7-5-6-17(11-18)13-26/h3-12,14,16,27H,1-2H3,(H,31,32). The smallest absolute Gasteiger partial charge is 0.337 e. The Bertz CT molecular complexity index is 1470. The van der Waals surface area contributed by atoms with Gasteiger partial charge in [-0.15, -0.1) is 0 Å². The second-order valence-corrected chi connectivity index (χ2v) is 7.56. The van der Waals surface area contributed by atoms with Crippen molar-refractivity contribution in [3.63, 3.8) is 0 Å². The molecule has 164 valence electrons. The Morgan fingerprint density at radius 1 is 1.18 bits per heavy atom. The largest absolute Gasteiger partial charge is 0.478 e. The maximum Gasteiger partial charge on any atom is 0.337 e. The van der Waals surface area contributed by atoms with E-state index in [2.05, 4.69) is 10.3 Å². The Labute approximate surface area is 189 Å². The number of carboxylic acids is 1. The lowest BCUT2D eigenvalue weighted by atomic mass is 10.1. The summed E-state index contributed by atoms with van der Waals surface area (Å²) < 4.78 is 7.20. The van der Waals surface area contributed by atoms with Crippen molar-refractivity contribution in [1.82, 2.24) is 9.38 Å². The summed E-state index contributed by atoms with van der Waals surface area (Å²) in [4.78, 5) is 29.0. The predicted octanol–water partition coefficient (Wildman–Crippen LogP) is 4.54. The molecule has 0 aliphatic heterocycles. The Balaban J connectivity index is 1.77. The summed E-state index contributed by atoms with van der Waals surface area (Å²) in [5.74, 6) is -0.553. The number of benzene rings is 2. The van der Waals surface area contributed by atoms with Crippen LogP contribution < -0.4 is 15.6 Å². The highest BCUT2D eigenvalue weighted by Crippen LogP contribution is 2.27. The lowest BCUT2D eigenvalue weighted by molar-refractivity contribution is 0.0698. The molecular weight excluding hydrogens is 420 g/mol. The molecule has 0 amide bonds. The number of aryl methyl sites for hydroxylation is 1. The van der Waals surface area contributed by atoms with E-state index in [9.17, 15) is 14.7 Å². The number of hydrogen-bond acceptors (Lipinski definition) is 6. The summed E-state index contributed by atoms with van der Waals surface area (Å²) in [5, 5.41) is 21.8. The zero-order valence-corrected chi connectivity index (χ0v) is 17.9. The van der Waals surface area contributed by atoms with Crippen LogP contribution in [-0.2, 0) is 0 Å². The molecule has 33 heavy (non-hydrogen) atoms. The van der Waals surface area contributed by atoms with Crippen molar-refractivity contribution in [3.05, 3.63) is 99.5 Å². The molecule has 2 aromatic heterocycles. The first-order valence-corrected chi connectivity index (χ1v) is 10.2. The summed E-state index contributed by atoms with van der Waals surface area (Å²) in [7, 11) is 0. The molecule has 0 aliphatic carbocycles. The van der Waals surface area contributed by atoms with E-state index in [1.165, 1.54) is 16.5 Å². The molecule has 8 nitrogen and oxygen atoms in total. The molecule has 0 fully saturated rings. The van der Waals surface area contributed by atoms with E-state index in [0.29, 0.717) is 28.2 Å². The number of nitriles is 1. The zero-order valence-electron chi connectivity index (χ0n) is 17.9. The maximum absolute atomic E-state index is 12.8. The van der Waals surface area contributed by atoms with E-state index in [-0.39, 0.29) is 23.0 Å². The van der Waals surface area contributed by atoms with E-state index in [4.69, 9.17) is 10.00 Å². The van der Waals surface area contributed by atoms with Gasteiger partial charge >= 0.3 is 5.97 Å². The number of nitrogens with zero attached hydrogens (tertiary/aromatic N) is 3. The van der Waals surface area contributed by atoms with Crippen LogP contribution in [0.15, 0.2) is 71.7 Å². The normalized spacial score (nSPS) is 11.5. The summed E-state index contributed by atoms with van der Waals surface area (Å²) in [6.07, 6.45) is 1.69. The summed E-state index contributed by atoms with van der Waals surface area (Å²) in [6, 6.07) is 18.0. The van der Waals surface area contributed by atoms with Crippen LogP contribution in [0.2, 0.25) is 0 Å². The summed E-state index contributed by atoms with van der Waals surface area (Å²) in [6.45, 7) is 3.73. The number of aromatic carboxylic acids is 1. The second-order valence-electron chi connectivity index (χ2n) is 7.56. The number of carbonyl (C=O) groups is 1. The molecule has 0 saturated heterocycles. The number of hydrogen-bond donors (Lipinski definition) is 2. The van der Waals surface area contributed by atoms with Gasteiger partial charge in [-0.2, -0.15) is 10.2 Å². The van der Waals surface area contributed by atoms with Crippen molar-refractivity contribution in [2.24, 2.45) is 0 Å². The van der Waals surface area contributed by atoms with Crippen LogP contribution in [0.3, 0.4) is 0 Å². The minimum Gasteiger partial charge on any atom is -0.478 e. The van der Waals surface area contributed by atoms with Crippen LogP contribution in [0.1, 0.15) is 40.0 Å². The molecule has 0 bridgehead atoms. The maximum atomic E-state index is 12.8. The van der Waals surface area contributed by atoms with Crippen molar-refractivity contribution in [1.29, 1.82) is 5.26 Å². The average Bonchev–Trinajstić information content (AvgIpc) is 2.79. The van der Waals surface area contributed by atoms with Gasteiger partial charge in [-0.1, -0.05) is 18.2 Å². The number of fused-ring (bicyclic) bond motifs is 1. The van der Waals surface area contributed by atoms with Crippen molar-refractivity contribution in [3.8, 4) is 17.7 Å². The number of rotatable bonds is 6. The van der Waals surface area contributed by atoms with Crippen molar-refractivity contribution in [2.75, 3.05) is 5.32 Å². The van der Waals surface area contributed by atoms with E-state index in [1.807, 2.05) is 26.0 Å². The number of nitrogens with one attached hydrogen (secondary N) is 1. The van der Waals surface area contributed by atoms with Gasteiger partial charge in [0, 0.05) is 17.4 Å². The monoisotopic (exact) mass is 440 g/mol. The molecule has 0 aliphatic rings. The molecule has 2 aromatic carbocycles. The fourth-order valence-corrected chi connectivity index (χ4v) is 3.58. The van der Waals surface area contributed by atoms with Crippen molar-refractivity contribution in [2.45, 2.75) is 19.9 Å². The Morgan fingerprint density at radius 2 is 1.97 bits per heavy atom. The first kappa shape index (κ1) is 21.6. The highest BCUT2D eigenvalue weighted by atomic mass is 16.5. The molecule has 0 radical (unpaired) electrons.